The third-order valence-corrected chi connectivity index (χ3v) is 4.53. The first-order valence-electron chi connectivity index (χ1n) is 7.67. The van der Waals surface area contributed by atoms with Crippen LogP contribution < -0.4 is 0 Å². The summed E-state index contributed by atoms with van der Waals surface area (Å²) in [5.74, 6) is 0.0963. The number of amides is 1. The Morgan fingerprint density at radius 1 is 1.05 bits per heavy atom. The molecule has 0 bridgehead atoms. The van der Waals surface area contributed by atoms with Crippen LogP contribution in [0.4, 0.5) is 0 Å². The molecule has 3 heteroatoms. The summed E-state index contributed by atoms with van der Waals surface area (Å²) in [7, 11) is 3.18. The number of carbonyl (C=O) groups is 1. The van der Waals surface area contributed by atoms with Gasteiger partial charge in [-0.05, 0) is 35.1 Å². The molecule has 0 saturated heterocycles. The van der Waals surface area contributed by atoms with Gasteiger partial charge in [0.2, 0.25) is 5.91 Å². The van der Waals surface area contributed by atoms with Crippen LogP contribution in [0.1, 0.15) is 34.6 Å². The van der Waals surface area contributed by atoms with Gasteiger partial charge in [0.25, 0.3) is 0 Å². The maximum Gasteiger partial charge on any atom is 0.246 e. The van der Waals surface area contributed by atoms with Crippen LogP contribution in [0.15, 0.2) is 48.5 Å². The van der Waals surface area contributed by atoms with Crippen molar-refractivity contribution in [2.24, 2.45) is 0 Å². The highest BCUT2D eigenvalue weighted by molar-refractivity contribution is 5.76. The van der Waals surface area contributed by atoms with E-state index in [9.17, 15) is 4.79 Å². The molecule has 1 aliphatic rings. The van der Waals surface area contributed by atoms with Crippen molar-refractivity contribution >= 4 is 5.91 Å². The van der Waals surface area contributed by atoms with Gasteiger partial charge in [0.1, 0.15) is 0 Å². The average molecular weight is 295 g/mol. The van der Waals surface area contributed by atoms with E-state index >= 15 is 0 Å². The quantitative estimate of drug-likeness (QED) is 0.813. The van der Waals surface area contributed by atoms with Crippen LogP contribution in [0.2, 0.25) is 0 Å². The zero-order valence-electron chi connectivity index (χ0n) is 13.1. The summed E-state index contributed by atoms with van der Waals surface area (Å²) in [6, 6.07) is 16.9. The number of hydroxylamine groups is 2. The second-order valence-electron chi connectivity index (χ2n) is 5.73. The number of nitrogens with zero attached hydrogens (tertiary/aromatic N) is 1. The molecule has 0 heterocycles. The smallest absolute Gasteiger partial charge is 0.246 e. The van der Waals surface area contributed by atoms with E-state index in [1.807, 2.05) is 0 Å². The van der Waals surface area contributed by atoms with E-state index in [1.165, 1.54) is 34.4 Å². The third-order valence-electron chi connectivity index (χ3n) is 4.53. The maximum absolute atomic E-state index is 12.4. The van der Waals surface area contributed by atoms with E-state index in [1.54, 1.807) is 7.05 Å². The van der Waals surface area contributed by atoms with Crippen molar-refractivity contribution in [2.75, 3.05) is 14.2 Å². The number of benzene rings is 2. The zero-order chi connectivity index (χ0) is 15.5. The summed E-state index contributed by atoms with van der Waals surface area (Å²) >= 11 is 0. The second-order valence-corrected chi connectivity index (χ2v) is 5.73. The predicted molar refractivity (Wildman–Crippen MR) is 86.5 cm³/mol. The zero-order valence-corrected chi connectivity index (χ0v) is 13.1. The first-order chi connectivity index (χ1) is 10.7. The van der Waals surface area contributed by atoms with Gasteiger partial charge in [-0.3, -0.25) is 9.63 Å². The molecule has 0 N–H and O–H groups in total. The minimum absolute atomic E-state index is 0.000920. The summed E-state index contributed by atoms with van der Waals surface area (Å²) in [5, 5.41) is 1.32. The van der Waals surface area contributed by atoms with Crippen LogP contribution in [-0.2, 0) is 22.5 Å². The number of fused-ring (bicyclic) bond motifs is 2. The predicted octanol–water partition coefficient (Wildman–Crippen LogP) is 3.33. The van der Waals surface area contributed by atoms with Crippen molar-refractivity contribution in [1.82, 2.24) is 5.06 Å². The van der Waals surface area contributed by atoms with Crippen molar-refractivity contribution < 1.29 is 9.63 Å². The van der Waals surface area contributed by atoms with Crippen LogP contribution in [0, 0.1) is 0 Å². The largest absolute Gasteiger partial charge is 0.275 e. The molecule has 3 rings (SSSR count). The lowest BCUT2D eigenvalue weighted by molar-refractivity contribution is -0.168. The van der Waals surface area contributed by atoms with E-state index in [-0.39, 0.29) is 11.8 Å². The molecule has 0 atom stereocenters. The topological polar surface area (TPSA) is 29.5 Å². The molecule has 0 unspecified atom stereocenters. The summed E-state index contributed by atoms with van der Waals surface area (Å²) < 4.78 is 0. The van der Waals surface area contributed by atoms with Gasteiger partial charge < -0.3 is 0 Å². The van der Waals surface area contributed by atoms with Crippen molar-refractivity contribution in [2.45, 2.75) is 25.2 Å². The molecule has 0 fully saturated rings. The summed E-state index contributed by atoms with van der Waals surface area (Å²) in [4.78, 5) is 17.4. The molecule has 1 aliphatic carbocycles. The molecule has 0 aliphatic heterocycles. The summed E-state index contributed by atoms with van der Waals surface area (Å²) in [6.07, 6.45) is 2.48. The lowest BCUT2D eigenvalue weighted by Gasteiger charge is -2.22. The Morgan fingerprint density at radius 2 is 1.55 bits per heavy atom. The van der Waals surface area contributed by atoms with Gasteiger partial charge in [-0.2, -0.15) is 0 Å². The van der Waals surface area contributed by atoms with E-state index in [0.29, 0.717) is 6.42 Å². The lowest BCUT2D eigenvalue weighted by atomic mass is 9.85. The standard InChI is InChI=1S/C19H21NO2/c1-20(22-2)19(21)13-18-16-9-5-3-7-14(16)11-12-15-8-4-6-10-17(15)18/h3-10,18H,11-13H2,1-2H3. The number of hydrogen-bond donors (Lipinski definition) is 0. The lowest BCUT2D eigenvalue weighted by Crippen LogP contribution is -2.27. The summed E-state index contributed by atoms with van der Waals surface area (Å²) in [5.41, 5.74) is 5.23. The van der Waals surface area contributed by atoms with Gasteiger partial charge in [0, 0.05) is 19.4 Å². The fourth-order valence-corrected chi connectivity index (χ4v) is 3.27. The minimum Gasteiger partial charge on any atom is -0.275 e. The number of aryl methyl sites for hydroxylation is 2. The molecule has 2 aromatic carbocycles. The van der Waals surface area contributed by atoms with Gasteiger partial charge >= 0.3 is 0 Å². The normalized spacial score (nSPS) is 13.9. The van der Waals surface area contributed by atoms with Gasteiger partial charge in [-0.15, -0.1) is 0 Å². The Kier molecular flexibility index (Phi) is 4.25. The van der Waals surface area contributed by atoms with Crippen LogP contribution in [0.5, 0.6) is 0 Å². The second kappa shape index (κ2) is 6.32. The molecule has 22 heavy (non-hydrogen) atoms. The highest BCUT2D eigenvalue weighted by atomic mass is 16.7. The average Bonchev–Trinajstić information content (AvgIpc) is 2.72. The van der Waals surface area contributed by atoms with Gasteiger partial charge in [-0.25, -0.2) is 5.06 Å². The number of rotatable bonds is 3. The minimum atomic E-state index is -0.000920. The monoisotopic (exact) mass is 295 g/mol. The van der Waals surface area contributed by atoms with Crippen molar-refractivity contribution in [1.29, 1.82) is 0 Å². The van der Waals surface area contributed by atoms with Crippen LogP contribution in [-0.4, -0.2) is 25.1 Å². The molecule has 2 aromatic rings. The van der Waals surface area contributed by atoms with E-state index in [2.05, 4.69) is 48.5 Å². The fraction of sp³-hybridized carbons (Fsp3) is 0.316. The Hall–Kier alpha value is -2.13. The molecular formula is C19H21NO2. The van der Waals surface area contributed by atoms with E-state index in [4.69, 9.17) is 4.84 Å². The third kappa shape index (κ3) is 2.77. The molecular weight excluding hydrogens is 274 g/mol. The first-order valence-corrected chi connectivity index (χ1v) is 7.67. The Balaban J connectivity index is 2.04. The molecule has 0 spiro atoms. The van der Waals surface area contributed by atoms with Gasteiger partial charge in [0.05, 0.1) is 7.11 Å². The van der Waals surface area contributed by atoms with E-state index < -0.39 is 0 Å². The Labute approximate surface area is 131 Å². The highest BCUT2D eigenvalue weighted by Crippen LogP contribution is 2.36. The van der Waals surface area contributed by atoms with Crippen LogP contribution in [0.3, 0.4) is 0 Å². The Bertz CT molecular complexity index is 633. The Morgan fingerprint density at radius 3 is 2.05 bits per heavy atom. The summed E-state index contributed by atoms with van der Waals surface area (Å²) in [6.45, 7) is 0. The fourth-order valence-electron chi connectivity index (χ4n) is 3.27. The van der Waals surface area contributed by atoms with Gasteiger partial charge in [-0.1, -0.05) is 48.5 Å². The van der Waals surface area contributed by atoms with Crippen LogP contribution >= 0.6 is 0 Å². The molecule has 1 amide bonds. The van der Waals surface area contributed by atoms with Crippen molar-refractivity contribution in [3.8, 4) is 0 Å². The molecule has 0 aromatic heterocycles. The van der Waals surface area contributed by atoms with Crippen molar-refractivity contribution in [3.63, 3.8) is 0 Å². The van der Waals surface area contributed by atoms with Crippen LogP contribution in [0.25, 0.3) is 0 Å². The molecule has 0 radical (unpaired) electrons. The molecule has 0 saturated carbocycles. The first kappa shape index (κ1) is 14.8. The SMILES string of the molecule is CON(C)C(=O)CC1c2ccccc2CCc2ccccc21. The number of carbonyl (C=O) groups excluding carboxylic acids is 1. The highest BCUT2D eigenvalue weighted by Gasteiger charge is 2.26. The van der Waals surface area contributed by atoms with Crippen molar-refractivity contribution in [3.05, 3.63) is 70.8 Å². The van der Waals surface area contributed by atoms with E-state index in [0.717, 1.165) is 12.8 Å². The molecule has 3 nitrogen and oxygen atoms in total. The van der Waals surface area contributed by atoms with Gasteiger partial charge in [0.15, 0.2) is 0 Å². The number of hydrogen-bond acceptors (Lipinski definition) is 2. The maximum atomic E-state index is 12.4. The molecule has 114 valence electrons.